The molecule has 2 N–H and O–H groups in total. The molecule has 1 aromatic heterocycles. The topological polar surface area (TPSA) is 37.0 Å². The van der Waals surface area contributed by atoms with Crippen molar-refractivity contribution in [3.8, 4) is 5.75 Å². The van der Waals surface area contributed by atoms with Crippen LogP contribution in [-0.2, 0) is 19.6 Å². The third kappa shape index (κ3) is 5.19. The largest absolute Gasteiger partial charge is 0.489 e. The van der Waals surface area contributed by atoms with E-state index in [1.54, 1.807) is 12.1 Å². The van der Waals surface area contributed by atoms with Gasteiger partial charge in [0.15, 0.2) is 0 Å². The van der Waals surface area contributed by atoms with Crippen molar-refractivity contribution in [3.63, 3.8) is 0 Å². The van der Waals surface area contributed by atoms with E-state index in [0.29, 0.717) is 13.2 Å². The fraction of sp³-hybridized carbons (Fsp3) is 0.143. The van der Waals surface area contributed by atoms with Crippen LogP contribution in [0.5, 0.6) is 5.75 Å². The van der Waals surface area contributed by atoms with Gasteiger partial charge in [0.2, 0.25) is 0 Å². The maximum atomic E-state index is 13.2. The number of hydrogen-bond donors (Lipinski definition) is 2. The number of halogens is 2. The predicted molar refractivity (Wildman–Crippen MR) is 136 cm³/mol. The summed E-state index contributed by atoms with van der Waals surface area (Å²) in [4.78, 5) is 3.34. The van der Waals surface area contributed by atoms with Crippen molar-refractivity contribution in [2.75, 3.05) is 6.54 Å². The Morgan fingerprint density at radius 1 is 0.818 bits per heavy atom. The third-order valence-electron chi connectivity index (χ3n) is 5.85. The number of aromatic amines is 1. The average Bonchev–Trinajstić information content (AvgIpc) is 3.25. The van der Waals surface area contributed by atoms with Crippen molar-refractivity contribution in [2.24, 2.45) is 0 Å². The Bertz CT molecular complexity index is 1350. The molecule has 0 fully saturated rings. The van der Waals surface area contributed by atoms with Crippen molar-refractivity contribution < 1.29 is 9.13 Å². The van der Waals surface area contributed by atoms with E-state index in [-0.39, 0.29) is 18.2 Å². The lowest BCUT2D eigenvalue weighted by molar-refractivity contribution is 0.302. The molecule has 0 saturated carbocycles. The summed E-state index contributed by atoms with van der Waals surface area (Å²) in [5, 5.41) is 7.25. The Kier molecular flexibility index (Phi) is 7.28. The van der Waals surface area contributed by atoms with Gasteiger partial charge in [-0.3, -0.25) is 0 Å². The number of hydrogen-bond acceptors (Lipinski definition) is 2. The van der Waals surface area contributed by atoms with E-state index in [2.05, 4.69) is 71.1 Å². The summed E-state index contributed by atoms with van der Waals surface area (Å²) in [5.74, 6) is 0.618. The van der Waals surface area contributed by atoms with Crippen molar-refractivity contribution >= 4 is 34.1 Å². The van der Waals surface area contributed by atoms with Crippen LogP contribution < -0.4 is 10.1 Å². The van der Waals surface area contributed by atoms with Gasteiger partial charge in [0.25, 0.3) is 0 Å². The molecule has 168 valence electrons. The molecule has 5 aromatic rings. The van der Waals surface area contributed by atoms with E-state index in [1.165, 1.54) is 39.4 Å². The van der Waals surface area contributed by atoms with Crippen LogP contribution in [0.15, 0.2) is 91.1 Å². The average molecular weight is 461 g/mol. The molecule has 0 spiro atoms. The number of ether oxygens (including phenoxy) is 1. The molecule has 0 aliphatic carbocycles. The van der Waals surface area contributed by atoms with Crippen LogP contribution in [0.2, 0.25) is 0 Å². The van der Waals surface area contributed by atoms with Crippen molar-refractivity contribution in [1.82, 2.24) is 10.3 Å². The Hall–Kier alpha value is -3.34. The van der Waals surface area contributed by atoms with Gasteiger partial charge in [-0.1, -0.05) is 60.7 Å². The zero-order valence-corrected chi connectivity index (χ0v) is 19.0. The smallest absolute Gasteiger partial charge is 0.124 e. The standard InChI is InChI=1S/C28H25FN2O.ClH/c29-23-12-9-20(10-13-23)19-32-28-14-11-21-5-1-2-6-24(21)26(28)18-30-16-15-22-17-31-27-8-4-3-7-25(22)27;/h1-14,17,30-31H,15-16,18-19H2;1H. The maximum Gasteiger partial charge on any atom is 0.124 e. The summed E-state index contributed by atoms with van der Waals surface area (Å²) in [5.41, 5.74) is 4.58. The van der Waals surface area contributed by atoms with Crippen molar-refractivity contribution in [3.05, 3.63) is 114 Å². The van der Waals surface area contributed by atoms with Crippen molar-refractivity contribution in [2.45, 2.75) is 19.6 Å². The van der Waals surface area contributed by atoms with Gasteiger partial charge in [-0.15, -0.1) is 12.4 Å². The SMILES string of the molecule is Cl.Fc1ccc(COc2ccc3ccccc3c2CNCCc2c[nH]c3ccccc23)cc1. The number of rotatable bonds is 8. The van der Waals surface area contributed by atoms with Gasteiger partial charge in [0.1, 0.15) is 18.2 Å². The quantitative estimate of drug-likeness (QED) is 0.250. The maximum absolute atomic E-state index is 13.2. The summed E-state index contributed by atoms with van der Waals surface area (Å²) in [6, 6.07) is 27.3. The molecule has 0 atom stereocenters. The summed E-state index contributed by atoms with van der Waals surface area (Å²) in [6.07, 6.45) is 3.04. The molecule has 5 rings (SSSR count). The highest BCUT2D eigenvalue weighted by atomic mass is 35.5. The molecule has 0 aliphatic rings. The normalized spacial score (nSPS) is 10.9. The first-order chi connectivity index (χ1) is 15.8. The van der Waals surface area contributed by atoms with Gasteiger partial charge >= 0.3 is 0 Å². The molecule has 3 nitrogen and oxygen atoms in total. The lowest BCUT2D eigenvalue weighted by atomic mass is 10.0. The molecule has 0 aliphatic heterocycles. The van der Waals surface area contributed by atoms with Gasteiger partial charge in [0.05, 0.1) is 0 Å². The first kappa shape index (κ1) is 22.8. The second kappa shape index (κ2) is 10.5. The van der Waals surface area contributed by atoms with Gasteiger partial charge in [-0.25, -0.2) is 4.39 Å². The molecule has 5 heteroatoms. The van der Waals surface area contributed by atoms with E-state index in [9.17, 15) is 4.39 Å². The number of nitrogens with one attached hydrogen (secondary N) is 2. The van der Waals surface area contributed by atoms with Crippen LogP contribution in [0, 0.1) is 5.82 Å². The molecule has 33 heavy (non-hydrogen) atoms. The third-order valence-corrected chi connectivity index (χ3v) is 5.85. The van der Waals surface area contributed by atoms with Crippen LogP contribution in [0.4, 0.5) is 4.39 Å². The highest BCUT2D eigenvalue weighted by Crippen LogP contribution is 2.29. The fourth-order valence-electron chi connectivity index (χ4n) is 4.15. The van der Waals surface area contributed by atoms with Crippen LogP contribution >= 0.6 is 12.4 Å². The molecular weight excluding hydrogens is 435 g/mol. The highest BCUT2D eigenvalue weighted by Gasteiger charge is 2.10. The Morgan fingerprint density at radius 2 is 1.58 bits per heavy atom. The van der Waals surface area contributed by atoms with Crippen LogP contribution in [-0.4, -0.2) is 11.5 Å². The molecule has 0 unspecified atom stereocenters. The summed E-state index contributed by atoms with van der Waals surface area (Å²) in [6.45, 7) is 1.98. The lowest BCUT2D eigenvalue weighted by Gasteiger charge is -2.15. The highest BCUT2D eigenvalue weighted by molar-refractivity contribution is 5.88. The van der Waals surface area contributed by atoms with E-state index >= 15 is 0 Å². The monoisotopic (exact) mass is 460 g/mol. The molecule has 4 aromatic carbocycles. The van der Waals surface area contributed by atoms with Crippen LogP contribution in [0.1, 0.15) is 16.7 Å². The summed E-state index contributed by atoms with van der Waals surface area (Å²) >= 11 is 0. The zero-order chi connectivity index (χ0) is 21.8. The zero-order valence-electron chi connectivity index (χ0n) is 18.2. The Morgan fingerprint density at radius 3 is 2.42 bits per heavy atom. The Balaban J connectivity index is 0.00000259. The summed E-state index contributed by atoms with van der Waals surface area (Å²) < 4.78 is 19.4. The van der Waals surface area contributed by atoms with Crippen molar-refractivity contribution in [1.29, 1.82) is 0 Å². The minimum atomic E-state index is -0.237. The van der Waals surface area contributed by atoms with Gasteiger partial charge < -0.3 is 15.0 Å². The minimum absolute atomic E-state index is 0. The van der Waals surface area contributed by atoms with E-state index in [4.69, 9.17) is 4.74 Å². The van der Waals surface area contributed by atoms with E-state index < -0.39 is 0 Å². The van der Waals surface area contributed by atoms with Gasteiger partial charge in [-0.05, 0) is 59.1 Å². The second-order valence-electron chi connectivity index (χ2n) is 7.96. The van der Waals surface area contributed by atoms with Gasteiger partial charge in [-0.2, -0.15) is 0 Å². The Labute approximate surface area is 199 Å². The predicted octanol–water partition coefficient (Wildman–Crippen LogP) is 6.79. The van der Waals surface area contributed by atoms with Crippen LogP contribution in [0.3, 0.4) is 0 Å². The lowest BCUT2D eigenvalue weighted by Crippen LogP contribution is -2.17. The molecule has 1 heterocycles. The molecule has 0 bridgehead atoms. The van der Waals surface area contributed by atoms with E-state index in [1.807, 2.05) is 6.07 Å². The van der Waals surface area contributed by atoms with E-state index in [0.717, 1.165) is 29.8 Å². The molecule has 0 amide bonds. The summed E-state index contributed by atoms with van der Waals surface area (Å²) in [7, 11) is 0. The number of H-pyrrole nitrogens is 1. The van der Waals surface area contributed by atoms with Crippen LogP contribution in [0.25, 0.3) is 21.7 Å². The molecular formula is C28H26ClFN2O. The first-order valence-electron chi connectivity index (χ1n) is 10.9. The fourth-order valence-corrected chi connectivity index (χ4v) is 4.15. The number of para-hydroxylation sites is 1. The van der Waals surface area contributed by atoms with Gasteiger partial charge in [0, 0.05) is 29.2 Å². The number of fused-ring (bicyclic) bond motifs is 2. The molecule has 0 saturated heterocycles. The second-order valence-corrected chi connectivity index (χ2v) is 7.96. The first-order valence-corrected chi connectivity index (χ1v) is 10.9. The number of benzene rings is 4. The number of aromatic nitrogens is 1. The molecule has 0 radical (unpaired) electrons. The minimum Gasteiger partial charge on any atom is -0.489 e.